The first kappa shape index (κ1) is 29.3. The van der Waals surface area contributed by atoms with Crippen LogP contribution >= 0.6 is 11.3 Å². The van der Waals surface area contributed by atoms with E-state index >= 15 is 0 Å². The van der Waals surface area contributed by atoms with E-state index in [0.29, 0.717) is 17.9 Å². The molecular formula is C35H46N4O2S. The first-order valence-corrected chi connectivity index (χ1v) is 17.0. The maximum Gasteiger partial charge on any atom is 0.321 e. The Morgan fingerprint density at radius 2 is 1.67 bits per heavy atom. The molecule has 1 aliphatic carbocycles. The van der Waals surface area contributed by atoms with Gasteiger partial charge in [0.05, 0.1) is 0 Å². The van der Waals surface area contributed by atoms with Gasteiger partial charge in [0.25, 0.3) is 0 Å². The van der Waals surface area contributed by atoms with E-state index in [1.54, 1.807) is 11.3 Å². The minimum Gasteiger partial charge on any atom is -0.480 e. The summed E-state index contributed by atoms with van der Waals surface area (Å²) in [6, 6.07) is 21.8. The van der Waals surface area contributed by atoms with Crippen molar-refractivity contribution < 1.29 is 9.90 Å². The number of rotatable bonds is 11. The largest absolute Gasteiger partial charge is 0.480 e. The second-order valence-corrected chi connectivity index (χ2v) is 13.6. The Kier molecular flexibility index (Phi) is 9.89. The molecule has 1 N–H and O–H groups in total. The molecule has 3 aliphatic rings. The summed E-state index contributed by atoms with van der Waals surface area (Å²) in [5.74, 6) is 0.498. The highest BCUT2D eigenvalue weighted by atomic mass is 32.1. The van der Waals surface area contributed by atoms with E-state index in [2.05, 4.69) is 80.7 Å². The van der Waals surface area contributed by atoms with Crippen LogP contribution in [0.2, 0.25) is 0 Å². The van der Waals surface area contributed by atoms with Crippen LogP contribution in [0.3, 0.4) is 0 Å². The van der Waals surface area contributed by atoms with Crippen molar-refractivity contribution in [1.82, 2.24) is 14.8 Å². The molecule has 42 heavy (non-hydrogen) atoms. The van der Waals surface area contributed by atoms with Crippen LogP contribution in [0.15, 0.2) is 72.2 Å². The van der Waals surface area contributed by atoms with Gasteiger partial charge < -0.3 is 14.9 Å². The Hall–Kier alpha value is -2.74. The Labute approximate surface area is 255 Å². The zero-order chi connectivity index (χ0) is 28.7. The summed E-state index contributed by atoms with van der Waals surface area (Å²) >= 11 is 1.75. The third kappa shape index (κ3) is 7.07. The monoisotopic (exact) mass is 586 g/mol. The third-order valence-electron chi connectivity index (χ3n) is 10.1. The molecule has 3 aromatic rings. The van der Waals surface area contributed by atoms with Gasteiger partial charge in [0.1, 0.15) is 6.04 Å². The van der Waals surface area contributed by atoms with Gasteiger partial charge >= 0.3 is 5.97 Å². The van der Waals surface area contributed by atoms with Crippen molar-refractivity contribution in [2.45, 2.75) is 69.4 Å². The number of carbonyl (C=O) groups is 1. The van der Waals surface area contributed by atoms with Crippen LogP contribution in [0.1, 0.15) is 62.0 Å². The second kappa shape index (κ2) is 14.2. The second-order valence-electron chi connectivity index (χ2n) is 12.7. The summed E-state index contributed by atoms with van der Waals surface area (Å²) in [5, 5.41) is 13.6. The molecule has 2 aliphatic heterocycles. The lowest BCUT2D eigenvalue weighted by molar-refractivity contribution is -0.145. The average molecular weight is 587 g/mol. The standard InChI is InChI=1S/C35H46N4O2S/c40-34(41)33(29-14-8-3-9-15-29)38-25-30(32(26-38)28-12-6-2-7-13-28)24-37-20-17-31(18-21-37)39(35-36-19-23-42-35)22-16-27-10-4-1-5-11-27/h1-2,4-7,10-13,19,23,29-33H,3,8-9,14-18,20-22,24-26H2,(H,40,41)/t30-,32+,33+/m0/s1. The highest BCUT2D eigenvalue weighted by molar-refractivity contribution is 7.13. The number of carboxylic acid groups (broad SMARTS) is 1. The predicted octanol–water partition coefficient (Wildman–Crippen LogP) is 6.41. The Morgan fingerprint density at radius 3 is 2.33 bits per heavy atom. The van der Waals surface area contributed by atoms with Gasteiger partial charge in [0, 0.05) is 62.8 Å². The normalized spacial score (nSPS) is 23.6. The highest BCUT2D eigenvalue weighted by Crippen LogP contribution is 2.39. The number of hydrogen-bond donors (Lipinski definition) is 1. The number of thiazole rings is 1. The van der Waals surface area contributed by atoms with Gasteiger partial charge in [-0.15, -0.1) is 11.3 Å². The predicted molar refractivity (Wildman–Crippen MR) is 171 cm³/mol. The van der Waals surface area contributed by atoms with E-state index < -0.39 is 5.97 Å². The molecule has 7 heteroatoms. The van der Waals surface area contributed by atoms with E-state index in [4.69, 9.17) is 4.98 Å². The smallest absolute Gasteiger partial charge is 0.321 e. The fraction of sp³-hybridized carbons (Fsp3) is 0.543. The van der Waals surface area contributed by atoms with Crippen molar-refractivity contribution in [3.63, 3.8) is 0 Å². The lowest BCUT2D eigenvalue weighted by Gasteiger charge is -2.40. The molecule has 3 heterocycles. The van der Waals surface area contributed by atoms with E-state index in [1.807, 2.05) is 6.20 Å². The van der Waals surface area contributed by atoms with Crippen molar-refractivity contribution in [1.29, 1.82) is 0 Å². The number of piperidine rings is 1. The molecule has 0 radical (unpaired) electrons. The number of aromatic nitrogens is 1. The van der Waals surface area contributed by atoms with Crippen LogP contribution < -0.4 is 4.90 Å². The minimum absolute atomic E-state index is 0.287. The topological polar surface area (TPSA) is 59.9 Å². The molecule has 2 saturated heterocycles. The fourth-order valence-electron chi connectivity index (χ4n) is 7.93. The fourth-order valence-corrected chi connectivity index (χ4v) is 8.67. The van der Waals surface area contributed by atoms with Crippen molar-refractivity contribution >= 4 is 22.4 Å². The summed E-state index contributed by atoms with van der Waals surface area (Å²) in [5.41, 5.74) is 2.74. The molecule has 6 nitrogen and oxygen atoms in total. The van der Waals surface area contributed by atoms with E-state index in [0.717, 1.165) is 76.5 Å². The molecule has 224 valence electrons. The molecule has 1 saturated carbocycles. The zero-order valence-corrected chi connectivity index (χ0v) is 25.6. The first-order chi connectivity index (χ1) is 20.7. The van der Waals surface area contributed by atoms with Crippen LogP contribution in [0.5, 0.6) is 0 Å². The number of nitrogens with zero attached hydrogens (tertiary/aromatic N) is 4. The summed E-state index contributed by atoms with van der Waals surface area (Å²) in [4.78, 5) is 24.9. The summed E-state index contributed by atoms with van der Waals surface area (Å²) in [6.07, 6.45) is 10.9. The van der Waals surface area contributed by atoms with Crippen LogP contribution in [-0.2, 0) is 11.2 Å². The molecule has 0 bridgehead atoms. The Bertz CT molecular complexity index is 1230. The van der Waals surface area contributed by atoms with Gasteiger partial charge in [-0.2, -0.15) is 0 Å². The lowest BCUT2D eigenvalue weighted by Crippen LogP contribution is -2.48. The van der Waals surface area contributed by atoms with Crippen molar-refractivity contribution in [2.24, 2.45) is 11.8 Å². The number of likely N-dealkylation sites (tertiary alicyclic amines) is 2. The number of anilines is 1. The number of carboxylic acids is 1. The minimum atomic E-state index is -0.618. The van der Waals surface area contributed by atoms with E-state index in [1.165, 1.54) is 30.4 Å². The molecule has 1 aromatic heterocycles. The van der Waals surface area contributed by atoms with Gasteiger partial charge in [0.15, 0.2) is 5.13 Å². The molecule has 3 fully saturated rings. The molecule has 0 spiro atoms. The summed E-state index contributed by atoms with van der Waals surface area (Å²) in [7, 11) is 0. The van der Waals surface area contributed by atoms with Crippen LogP contribution in [0.4, 0.5) is 5.13 Å². The summed E-state index contributed by atoms with van der Waals surface area (Å²) in [6.45, 7) is 5.95. The molecular weight excluding hydrogens is 540 g/mol. The number of hydrogen-bond acceptors (Lipinski definition) is 6. The molecule has 2 aromatic carbocycles. The van der Waals surface area contributed by atoms with Crippen molar-refractivity contribution in [3.8, 4) is 0 Å². The van der Waals surface area contributed by atoms with Crippen molar-refractivity contribution in [3.05, 3.63) is 83.4 Å². The average Bonchev–Trinajstić information content (AvgIpc) is 3.71. The van der Waals surface area contributed by atoms with Crippen LogP contribution in [0, 0.1) is 11.8 Å². The third-order valence-corrected chi connectivity index (χ3v) is 10.9. The molecule has 3 atom stereocenters. The van der Waals surface area contributed by atoms with Crippen LogP contribution in [-0.4, -0.2) is 77.2 Å². The van der Waals surface area contributed by atoms with Gasteiger partial charge in [0.2, 0.25) is 0 Å². The maximum atomic E-state index is 12.6. The Morgan fingerprint density at radius 1 is 0.952 bits per heavy atom. The van der Waals surface area contributed by atoms with Gasteiger partial charge in [-0.3, -0.25) is 9.69 Å². The van der Waals surface area contributed by atoms with Gasteiger partial charge in [-0.1, -0.05) is 79.9 Å². The van der Waals surface area contributed by atoms with Gasteiger partial charge in [-0.25, -0.2) is 4.98 Å². The lowest BCUT2D eigenvalue weighted by atomic mass is 9.83. The van der Waals surface area contributed by atoms with Crippen molar-refractivity contribution in [2.75, 3.05) is 44.2 Å². The van der Waals surface area contributed by atoms with E-state index in [9.17, 15) is 9.90 Å². The van der Waals surface area contributed by atoms with E-state index in [-0.39, 0.29) is 12.0 Å². The molecule has 6 rings (SSSR count). The first-order valence-electron chi connectivity index (χ1n) is 16.1. The molecule has 0 unspecified atom stereocenters. The van der Waals surface area contributed by atoms with Gasteiger partial charge in [-0.05, 0) is 55.1 Å². The maximum absolute atomic E-state index is 12.6. The Balaban J connectivity index is 1.11. The quantitative estimate of drug-likeness (QED) is 0.280. The summed E-state index contributed by atoms with van der Waals surface area (Å²) < 4.78 is 0. The molecule has 0 amide bonds. The number of benzene rings is 2. The van der Waals surface area contributed by atoms with Crippen LogP contribution in [0.25, 0.3) is 0 Å². The number of aliphatic carboxylic acids is 1. The zero-order valence-electron chi connectivity index (χ0n) is 24.8. The highest BCUT2D eigenvalue weighted by Gasteiger charge is 2.43. The SMILES string of the molecule is O=C(O)[C@@H](C1CCCCC1)N1C[C@H](CN2CCC(N(CCc3ccccc3)c3nccs3)CC2)[C@@H](c2ccccc2)C1.